The maximum absolute atomic E-state index is 13.6. The first-order valence-corrected chi connectivity index (χ1v) is 6.89. The Hall–Kier alpha value is -2.27. The zero-order valence-electron chi connectivity index (χ0n) is 11.4. The predicted octanol–water partition coefficient (Wildman–Crippen LogP) is 3.51. The number of halogens is 1. The van der Waals surface area contributed by atoms with Gasteiger partial charge in [0.15, 0.2) is 0 Å². The topological polar surface area (TPSA) is 55.2 Å². The Morgan fingerprint density at radius 3 is 2.86 bits per heavy atom. The van der Waals surface area contributed by atoms with Crippen molar-refractivity contribution in [1.29, 1.82) is 0 Å². The van der Waals surface area contributed by atoms with E-state index in [0.29, 0.717) is 12.1 Å². The first kappa shape index (κ1) is 13.7. The van der Waals surface area contributed by atoms with Gasteiger partial charge in [-0.25, -0.2) is 0 Å². The van der Waals surface area contributed by atoms with Crippen LogP contribution in [0.25, 0.3) is 0 Å². The van der Waals surface area contributed by atoms with Crippen LogP contribution in [-0.4, -0.2) is 4.92 Å². The van der Waals surface area contributed by atoms with Crippen molar-refractivity contribution in [2.24, 2.45) is 0 Å². The fourth-order valence-electron chi connectivity index (χ4n) is 2.82. The van der Waals surface area contributed by atoms with Gasteiger partial charge in [0.2, 0.25) is 5.82 Å². The summed E-state index contributed by atoms with van der Waals surface area (Å²) in [5.74, 6) is -0.786. The van der Waals surface area contributed by atoms with E-state index in [-0.39, 0.29) is 6.04 Å². The fourth-order valence-corrected chi connectivity index (χ4v) is 2.82. The van der Waals surface area contributed by atoms with Gasteiger partial charge in [0.25, 0.3) is 0 Å². The normalized spacial score (nSPS) is 16.7. The number of nitrogens with one attached hydrogen (secondary N) is 1. The number of fused-ring (bicyclic) bond motifs is 1. The number of rotatable bonds is 4. The Kier molecular flexibility index (Phi) is 3.66. The molecule has 0 saturated heterocycles. The molecule has 5 heteroatoms. The molecular formula is C16H15FN2O2. The van der Waals surface area contributed by atoms with Gasteiger partial charge in [0, 0.05) is 18.7 Å². The lowest BCUT2D eigenvalue weighted by molar-refractivity contribution is -0.387. The number of benzene rings is 2. The smallest absolute Gasteiger partial charge is 0.304 e. The van der Waals surface area contributed by atoms with E-state index in [9.17, 15) is 14.5 Å². The maximum Gasteiger partial charge on any atom is 0.304 e. The number of aryl methyl sites for hydroxylation is 1. The number of hydrogen-bond acceptors (Lipinski definition) is 3. The second-order valence-corrected chi connectivity index (χ2v) is 5.21. The van der Waals surface area contributed by atoms with Crippen LogP contribution in [0.2, 0.25) is 0 Å². The van der Waals surface area contributed by atoms with Gasteiger partial charge in [-0.2, -0.15) is 4.39 Å². The molecule has 0 aromatic heterocycles. The summed E-state index contributed by atoms with van der Waals surface area (Å²) in [6, 6.07) is 12.6. The highest BCUT2D eigenvalue weighted by molar-refractivity contribution is 5.36. The van der Waals surface area contributed by atoms with E-state index in [2.05, 4.69) is 17.4 Å². The highest BCUT2D eigenvalue weighted by Crippen LogP contribution is 2.31. The average Bonchev–Trinajstić information content (AvgIpc) is 2.88. The van der Waals surface area contributed by atoms with Gasteiger partial charge in [0.05, 0.1) is 4.92 Å². The van der Waals surface area contributed by atoms with Crippen molar-refractivity contribution < 1.29 is 9.31 Å². The molecule has 1 unspecified atom stereocenters. The van der Waals surface area contributed by atoms with Crippen molar-refractivity contribution in [3.8, 4) is 0 Å². The molecule has 0 spiro atoms. The minimum absolute atomic E-state index is 0.263. The molecule has 1 N–H and O–H groups in total. The molecule has 21 heavy (non-hydrogen) atoms. The maximum atomic E-state index is 13.6. The lowest BCUT2D eigenvalue weighted by Crippen LogP contribution is -2.18. The molecule has 1 atom stereocenters. The van der Waals surface area contributed by atoms with Crippen LogP contribution in [0.15, 0.2) is 42.5 Å². The zero-order valence-corrected chi connectivity index (χ0v) is 11.4. The summed E-state index contributed by atoms with van der Waals surface area (Å²) in [5.41, 5.74) is 2.87. The van der Waals surface area contributed by atoms with Gasteiger partial charge in [-0.05, 0) is 35.6 Å². The van der Waals surface area contributed by atoms with Gasteiger partial charge < -0.3 is 5.32 Å². The highest BCUT2D eigenvalue weighted by Gasteiger charge is 2.21. The van der Waals surface area contributed by atoms with Gasteiger partial charge in [-0.15, -0.1) is 0 Å². The predicted molar refractivity (Wildman–Crippen MR) is 77.4 cm³/mol. The molecule has 2 aromatic carbocycles. The molecule has 4 nitrogen and oxygen atoms in total. The number of nitro groups is 1. The summed E-state index contributed by atoms with van der Waals surface area (Å²) in [6.07, 6.45) is 2.07. The largest absolute Gasteiger partial charge is 0.306 e. The quantitative estimate of drug-likeness (QED) is 0.691. The Morgan fingerprint density at radius 1 is 1.29 bits per heavy atom. The van der Waals surface area contributed by atoms with Crippen LogP contribution in [0.3, 0.4) is 0 Å². The van der Waals surface area contributed by atoms with Crippen LogP contribution in [0.4, 0.5) is 10.1 Å². The molecule has 0 amide bonds. The van der Waals surface area contributed by atoms with Crippen LogP contribution in [-0.2, 0) is 13.0 Å². The van der Waals surface area contributed by atoms with Crippen molar-refractivity contribution in [2.75, 3.05) is 0 Å². The molecule has 3 rings (SSSR count). The Labute approximate surface area is 121 Å². The molecule has 108 valence electrons. The van der Waals surface area contributed by atoms with Gasteiger partial charge in [0.1, 0.15) is 0 Å². The molecule has 0 heterocycles. The van der Waals surface area contributed by atoms with E-state index in [4.69, 9.17) is 0 Å². The molecule has 0 radical (unpaired) electrons. The van der Waals surface area contributed by atoms with Crippen molar-refractivity contribution in [3.05, 3.63) is 75.1 Å². The van der Waals surface area contributed by atoms with E-state index in [1.54, 1.807) is 6.07 Å². The lowest BCUT2D eigenvalue weighted by atomic mass is 10.1. The van der Waals surface area contributed by atoms with Gasteiger partial charge >= 0.3 is 5.69 Å². The van der Waals surface area contributed by atoms with E-state index in [0.717, 1.165) is 12.8 Å². The van der Waals surface area contributed by atoms with Crippen LogP contribution in [0.5, 0.6) is 0 Å². The first-order valence-electron chi connectivity index (χ1n) is 6.89. The minimum Gasteiger partial charge on any atom is -0.306 e. The monoisotopic (exact) mass is 286 g/mol. The molecule has 0 bridgehead atoms. The van der Waals surface area contributed by atoms with Crippen LogP contribution >= 0.6 is 0 Å². The third kappa shape index (κ3) is 2.78. The third-order valence-corrected chi connectivity index (χ3v) is 3.89. The summed E-state index contributed by atoms with van der Waals surface area (Å²) in [7, 11) is 0. The van der Waals surface area contributed by atoms with Gasteiger partial charge in [-0.1, -0.05) is 30.3 Å². The van der Waals surface area contributed by atoms with Crippen molar-refractivity contribution in [3.63, 3.8) is 0 Å². The van der Waals surface area contributed by atoms with E-state index in [1.165, 1.54) is 23.3 Å². The lowest BCUT2D eigenvalue weighted by Gasteiger charge is -2.14. The molecule has 1 aliphatic carbocycles. The Bertz CT molecular complexity index is 688. The zero-order chi connectivity index (χ0) is 14.8. The average molecular weight is 286 g/mol. The summed E-state index contributed by atoms with van der Waals surface area (Å²) in [4.78, 5) is 9.88. The molecule has 0 aliphatic heterocycles. The van der Waals surface area contributed by atoms with Crippen LogP contribution in [0.1, 0.15) is 29.2 Å². The molecule has 2 aromatic rings. The fraction of sp³-hybridized carbons (Fsp3) is 0.250. The van der Waals surface area contributed by atoms with Crippen molar-refractivity contribution in [1.82, 2.24) is 5.32 Å². The highest BCUT2D eigenvalue weighted by atomic mass is 19.1. The molecule has 0 saturated carbocycles. The van der Waals surface area contributed by atoms with Crippen molar-refractivity contribution in [2.45, 2.75) is 25.4 Å². The summed E-state index contributed by atoms with van der Waals surface area (Å²) >= 11 is 0. The summed E-state index contributed by atoms with van der Waals surface area (Å²) in [6.45, 7) is 0.494. The number of hydrogen-bond donors (Lipinski definition) is 1. The number of nitro benzene ring substituents is 1. The molecule has 0 fully saturated rings. The van der Waals surface area contributed by atoms with E-state index < -0.39 is 16.4 Å². The summed E-state index contributed by atoms with van der Waals surface area (Å²) in [5, 5.41) is 14.0. The van der Waals surface area contributed by atoms with Crippen LogP contribution in [0, 0.1) is 15.9 Å². The van der Waals surface area contributed by atoms with E-state index >= 15 is 0 Å². The standard InChI is InChI=1S/C16H15FN2O2/c17-14-9-11(5-8-16(14)19(20)21)10-18-15-7-6-12-3-1-2-4-13(12)15/h1-5,8-9,15,18H,6-7,10H2. The second-order valence-electron chi connectivity index (χ2n) is 5.21. The first-order chi connectivity index (χ1) is 10.1. The second kappa shape index (κ2) is 5.61. The SMILES string of the molecule is O=[N+]([O-])c1ccc(CNC2CCc3ccccc32)cc1F. The van der Waals surface area contributed by atoms with Crippen LogP contribution < -0.4 is 5.32 Å². The Balaban J connectivity index is 1.69. The van der Waals surface area contributed by atoms with Gasteiger partial charge in [-0.3, -0.25) is 10.1 Å². The number of nitrogens with zero attached hydrogens (tertiary/aromatic N) is 1. The third-order valence-electron chi connectivity index (χ3n) is 3.89. The molecule has 1 aliphatic rings. The molecular weight excluding hydrogens is 271 g/mol. The van der Waals surface area contributed by atoms with E-state index in [1.807, 2.05) is 12.1 Å². The van der Waals surface area contributed by atoms with Crippen molar-refractivity contribution >= 4 is 5.69 Å². The summed E-state index contributed by atoms with van der Waals surface area (Å²) < 4.78 is 13.6. The Morgan fingerprint density at radius 2 is 2.10 bits per heavy atom. The minimum atomic E-state index is -0.786.